The minimum Gasteiger partial charge on any atom is -0.249 e. The molecule has 6 heteroatoms. The zero-order valence-electron chi connectivity index (χ0n) is 11.0. The van der Waals surface area contributed by atoms with Gasteiger partial charge in [0.25, 0.3) is 10.0 Å². The Labute approximate surface area is 136 Å². The van der Waals surface area contributed by atoms with Crippen molar-refractivity contribution in [3.05, 3.63) is 57.2 Å². The number of fused-ring (bicyclic) bond motifs is 4. The van der Waals surface area contributed by atoms with Crippen LogP contribution in [0.2, 0.25) is 0 Å². The van der Waals surface area contributed by atoms with Crippen LogP contribution >= 0.6 is 22.6 Å². The zero-order valence-corrected chi connectivity index (χ0v) is 13.9. The molecule has 0 unspecified atom stereocenters. The third-order valence-electron chi connectivity index (χ3n) is 3.79. The molecule has 0 saturated heterocycles. The van der Waals surface area contributed by atoms with Crippen molar-refractivity contribution in [3.8, 4) is 0 Å². The van der Waals surface area contributed by atoms with E-state index in [4.69, 9.17) is 0 Å². The molecule has 2 aliphatic rings. The SMILES string of the molecule is O=S1(=O)c2cc(I)ccc2N=C2c3ccccc3CCN21. The smallest absolute Gasteiger partial charge is 0.249 e. The van der Waals surface area contributed by atoms with Gasteiger partial charge in [-0.05, 0) is 52.8 Å². The lowest BCUT2D eigenvalue weighted by Gasteiger charge is -2.34. The molecule has 0 N–H and O–H groups in total. The van der Waals surface area contributed by atoms with Crippen LogP contribution < -0.4 is 0 Å². The Morgan fingerprint density at radius 2 is 1.95 bits per heavy atom. The second-order valence-electron chi connectivity index (χ2n) is 5.03. The van der Waals surface area contributed by atoms with Crippen LogP contribution in [0.15, 0.2) is 52.4 Å². The maximum atomic E-state index is 12.8. The second-order valence-corrected chi connectivity index (χ2v) is 8.11. The summed E-state index contributed by atoms with van der Waals surface area (Å²) in [5.41, 5.74) is 2.59. The molecular weight excluding hydrogens is 399 g/mol. The molecule has 2 aromatic rings. The second kappa shape index (κ2) is 4.54. The first-order valence-corrected chi connectivity index (χ1v) is 9.08. The molecule has 106 valence electrons. The molecule has 0 amide bonds. The highest BCUT2D eigenvalue weighted by Crippen LogP contribution is 2.37. The molecule has 4 nitrogen and oxygen atoms in total. The van der Waals surface area contributed by atoms with Gasteiger partial charge >= 0.3 is 0 Å². The predicted octanol–water partition coefficient (Wildman–Crippen LogP) is 2.93. The molecular formula is C15H11IN2O2S. The Hall–Kier alpha value is -1.41. The van der Waals surface area contributed by atoms with Gasteiger partial charge in [0.2, 0.25) is 0 Å². The Kier molecular flexibility index (Phi) is 2.87. The van der Waals surface area contributed by atoms with E-state index >= 15 is 0 Å². The van der Waals surface area contributed by atoms with E-state index in [1.54, 1.807) is 12.1 Å². The van der Waals surface area contributed by atoms with Crippen LogP contribution in [-0.4, -0.2) is 25.1 Å². The highest BCUT2D eigenvalue weighted by molar-refractivity contribution is 14.1. The lowest BCUT2D eigenvalue weighted by molar-refractivity contribution is 0.512. The molecule has 0 saturated carbocycles. The van der Waals surface area contributed by atoms with Crippen LogP contribution in [-0.2, 0) is 16.4 Å². The summed E-state index contributed by atoms with van der Waals surface area (Å²) in [4.78, 5) is 4.91. The Morgan fingerprint density at radius 1 is 1.14 bits per heavy atom. The van der Waals surface area contributed by atoms with Crippen molar-refractivity contribution in [2.45, 2.75) is 11.3 Å². The number of rotatable bonds is 0. The molecule has 2 heterocycles. The summed E-state index contributed by atoms with van der Waals surface area (Å²) in [5, 5.41) is 0. The van der Waals surface area contributed by atoms with Gasteiger partial charge < -0.3 is 0 Å². The summed E-state index contributed by atoms with van der Waals surface area (Å²) in [6.07, 6.45) is 0.716. The first-order valence-electron chi connectivity index (χ1n) is 6.56. The molecule has 0 atom stereocenters. The number of benzene rings is 2. The van der Waals surface area contributed by atoms with Crippen molar-refractivity contribution in [2.24, 2.45) is 4.99 Å². The maximum Gasteiger partial charge on any atom is 0.267 e. The summed E-state index contributed by atoms with van der Waals surface area (Å²) in [6, 6.07) is 13.2. The van der Waals surface area contributed by atoms with Crippen molar-refractivity contribution in [1.82, 2.24) is 4.31 Å². The number of nitrogens with zero attached hydrogens (tertiary/aromatic N) is 2. The van der Waals surface area contributed by atoms with E-state index < -0.39 is 10.0 Å². The van der Waals surface area contributed by atoms with Crippen LogP contribution in [0.25, 0.3) is 0 Å². The number of hydrogen-bond donors (Lipinski definition) is 0. The zero-order chi connectivity index (χ0) is 14.6. The normalized spacial score (nSPS) is 18.3. The van der Waals surface area contributed by atoms with E-state index in [9.17, 15) is 8.42 Å². The van der Waals surface area contributed by atoms with Crippen LogP contribution in [0.1, 0.15) is 11.1 Å². The maximum absolute atomic E-state index is 12.8. The van der Waals surface area contributed by atoms with Crippen molar-refractivity contribution < 1.29 is 8.42 Å². The highest BCUT2D eigenvalue weighted by Gasteiger charge is 2.37. The molecule has 0 aliphatic carbocycles. The lowest BCUT2D eigenvalue weighted by atomic mass is 10.00. The summed E-state index contributed by atoms with van der Waals surface area (Å²) in [5.74, 6) is 0.547. The Balaban J connectivity index is 2.03. The lowest BCUT2D eigenvalue weighted by Crippen LogP contribution is -2.44. The van der Waals surface area contributed by atoms with Gasteiger partial charge in [0, 0.05) is 15.7 Å². The van der Waals surface area contributed by atoms with E-state index in [-0.39, 0.29) is 0 Å². The largest absolute Gasteiger partial charge is 0.267 e. The number of aliphatic imine (C=N–C) groups is 1. The fraction of sp³-hybridized carbons (Fsp3) is 0.133. The highest BCUT2D eigenvalue weighted by atomic mass is 127. The van der Waals surface area contributed by atoms with Gasteiger partial charge in [-0.25, -0.2) is 17.7 Å². The topological polar surface area (TPSA) is 49.7 Å². The van der Waals surface area contributed by atoms with Crippen LogP contribution in [0.5, 0.6) is 0 Å². The van der Waals surface area contributed by atoms with E-state index in [0.717, 1.165) is 14.7 Å². The number of amidine groups is 1. The third kappa shape index (κ3) is 1.92. The number of halogens is 1. The first-order chi connectivity index (χ1) is 10.1. The van der Waals surface area contributed by atoms with Crippen LogP contribution in [0, 0.1) is 3.57 Å². The predicted molar refractivity (Wildman–Crippen MR) is 89.4 cm³/mol. The monoisotopic (exact) mass is 410 g/mol. The fourth-order valence-corrected chi connectivity index (χ4v) is 5.08. The fourth-order valence-electron chi connectivity index (χ4n) is 2.79. The van der Waals surface area contributed by atoms with Crippen molar-refractivity contribution in [1.29, 1.82) is 0 Å². The average Bonchev–Trinajstić information content (AvgIpc) is 2.48. The van der Waals surface area contributed by atoms with Gasteiger partial charge in [-0.1, -0.05) is 24.3 Å². The van der Waals surface area contributed by atoms with Gasteiger partial charge in [0.05, 0.1) is 5.69 Å². The standard InChI is InChI=1S/C15H11IN2O2S/c16-11-5-6-13-14(9-11)21(19,20)18-8-7-10-3-1-2-4-12(10)15(18)17-13/h1-6,9H,7-8H2. The number of sulfonamides is 1. The molecule has 2 aliphatic heterocycles. The van der Waals surface area contributed by atoms with Gasteiger partial charge in [-0.2, -0.15) is 0 Å². The summed E-state index contributed by atoms with van der Waals surface area (Å²) in [7, 11) is -3.51. The van der Waals surface area contributed by atoms with Crippen molar-refractivity contribution >= 4 is 44.1 Å². The molecule has 0 radical (unpaired) electrons. The molecule has 0 spiro atoms. The first kappa shape index (κ1) is 13.3. The molecule has 0 bridgehead atoms. The van der Waals surface area contributed by atoms with Gasteiger partial charge in [0.1, 0.15) is 4.90 Å². The molecule has 2 aromatic carbocycles. The molecule has 0 aromatic heterocycles. The average molecular weight is 410 g/mol. The van der Waals surface area contributed by atoms with E-state index in [2.05, 4.69) is 27.6 Å². The molecule has 21 heavy (non-hydrogen) atoms. The summed E-state index contributed by atoms with van der Waals surface area (Å²) in [6.45, 7) is 0.448. The minimum absolute atomic E-state index is 0.303. The van der Waals surface area contributed by atoms with Gasteiger partial charge in [-0.15, -0.1) is 0 Å². The van der Waals surface area contributed by atoms with Crippen molar-refractivity contribution in [2.75, 3.05) is 6.54 Å². The summed E-state index contributed by atoms with van der Waals surface area (Å²) >= 11 is 2.12. The summed E-state index contributed by atoms with van der Waals surface area (Å²) < 4.78 is 28.0. The Morgan fingerprint density at radius 3 is 2.81 bits per heavy atom. The van der Waals surface area contributed by atoms with Crippen molar-refractivity contribution in [3.63, 3.8) is 0 Å². The van der Waals surface area contributed by atoms with Gasteiger partial charge in [-0.3, -0.25) is 0 Å². The van der Waals surface area contributed by atoms with E-state index in [1.165, 1.54) is 4.31 Å². The third-order valence-corrected chi connectivity index (χ3v) is 6.28. The van der Waals surface area contributed by atoms with E-state index in [0.29, 0.717) is 29.4 Å². The molecule has 0 fully saturated rings. The van der Waals surface area contributed by atoms with Crippen LogP contribution in [0.3, 0.4) is 0 Å². The molecule has 4 rings (SSSR count). The minimum atomic E-state index is -3.51. The van der Waals surface area contributed by atoms with Crippen LogP contribution in [0.4, 0.5) is 5.69 Å². The quantitative estimate of drug-likeness (QED) is 0.628. The Bertz CT molecular complexity index is 890. The number of hydrogen-bond acceptors (Lipinski definition) is 3. The van der Waals surface area contributed by atoms with E-state index in [1.807, 2.05) is 30.3 Å². The van der Waals surface area contributed by atoms with Gasteiger partial charge in [0.15, 0.2) is 5.84 Å².